The number of hydrogen-bond donors (Lipinski definition) is 0. The molecule has 1 heterocycles. The average Bonchev–Trinajstić information content (AvgIpc) is 2.83. The summed E-state index contributed by atoms with van der Waals surface area (Å²) >= 11 is 0. The van der Waals surface area contributed by atoms with E-state index in [1.807, 2.05) is 24.3 Å². The Hall–Kier alpha value is -1.63. The van der Waals surface area contributed by atoms with Crippen LogP contribution in [-0.2, 0) is 9.47 Å². The summed E-state index contributed by atoms with van der Waals surface area (Å²) in [5, 5.41) is 8.64. The van der Waals surface area contributed by atoms with Crippen LogP contribution in [0.25, 0.3) is 6.08 Å². The van der Waals surface area contributed by atoms with E-state index in [0.29, 0.717) is 31.5 Å². The first-order valence-corrected chi connectivity index (χ1v) is 5.16. The van der Waals surface area contributed by atoms with E-state index in [9.17, 15) is 0 Å². The molecule has 1 aliphatic heterocycles. The zero-order valence-electron chi connectivity index (χ0n) is 8.85. The van der Waals surface area contributed by atoms with Crippen LogP contribution in [0.15, 0.2) is 30.3 Å². The summed E-state index contributed by atoms with van der Waals surface area (Å²) in [5.41, 5.74) is 1.74. The van der Waals surface area contributed by atoms with Crippen molar-refractivity contribution >= 4 is 6.08 Å². The first-order chi connectivity index (χ1) is 7.88. The fourth-order valence-corrected chi connectivity index (χ4v) is 1.43. The van der Waals surface area contributed by atoms with E-state index < -0.39 is 0 Å². The lowest BCUT2D eigenvalue weighted by molar-refractivity contribution is 0.0736. The molecule has 0 unspecified atom stereocenters. The maximum Gasteiger partial charge on any atom is 0.227 e. The van der Waals surface area contributed by atoms with Crippen LogP contribution in [0.4, 0.5) is 0 Å². The van der Waals surface area contributed by atoms with E-state index in [-0.39, 0.29) is 0 Å². The normalized spacial score (nSPS) is 16.7. The Morgan fingerprint density at radius 2 is 1.88 bits per heavy atom. The van der Waals surface area contributed by atoms with Gasteiger partial charge in [-0.25, -0.2) is 0 Å². The van der Waals surface area contributed by atoms with E-state index in [4.69, 9.17) is 14.7 Å². The SMILES string of the molecule is N#Cc1ccc(C=CC[C]2OCCO2)cc1. The topological polar surface area (TPSA) is 42.2 Å². The highest BCUT2D eigenvalue weighted by molar-refractivity contribution is 5.50. The van der Waals surface area contributed by atoms with E-state index in [1.54, 1.807) is 12.1 Å². The maximum atomic E-state index is 8.64. The molecule has 0 aliphatic carbocycles. The minimum atomic E-state index is 0.653. The highest BCUT2D eigenvalue weighted by atomic mass is 16.7. The highest BCUT2D eigenvalue weighted by Crippen LogP contribution is 2.17. The quantitative estimate of drug-likeness (QED) is 0.776. The molecule has 16 heavy (non-hydrogen) atoms. The van der Waals surface area contributed by atoms with Crippen LogP contribution < -0.4 is 0 Å². The Balaban J connectivity index is 1.87. The van der Waals surface area contributed by atoms with Gasteiger partial charge in [0.1, 0.15) is 0 Å². The number of nitriles is 1. The van der Waals surface area contributed by atoms with Crippen molar-refractivity contribution in [3.05, 3.63) is 47.8 Å². The monoisotopic (exact) mass is 214 g/mol. The molecule has 0 saturated carbocycles. The summed E-state index contributed by atoms with van der Waals surface area (Å²) in [6.07, 6.45) is 5.34. The molecular formula is C13H12NO2. The summed E-state index contributed by atoms with van der Waals surface area (Å²) in [5.74, 6) is 0. The molecule has 3 heteroatoms. The second-order valence-corrected chi connectivity index (χ2v) is 3.41. The molecule has 0 N–H and O–H groups in total. The molecule has 1 radical (unpaired) electrons. The van der Waals surface area contributed by atoms with Gasteiger partial charge < -0.3 is 9.47 Å². The third kappa shape index (κ3) is 2.93. The zero-order chi connectivity index (χ0) is 11.2. The Kier molecular flexibility index (Phi) is 3.71. The van der Waals surface area contributed by atoms with Gasteiger partial charge in [-0.1, -0.05) is 24.3 Å². The molecule has 2 rings (SSSR count). The number of benzene rings is 1. The van der Waals surface area contributed by atoms with Crippen molar-refractivity contribution < 1.29 is 9.47 Å². The van der Waals surface area contributed by atoms with Gasteiger partial charge in [0, 0.05) is 6.42 Å². The Labute approximate surface area is 94.9 Å². The molecule has 0 aromatic heterocycles. The van der Waals surface area contributed by atoms with Crippen LogP contribution in [0.2, 0.25) is 0 Å². The standard InChI is InChI=1S/C13H12NO2/c14-10-12-6-4-11(5-7-12)2-1-3-13-15-8-9-16-13/h1-2,4-7H,3,8-9H2. The molecule has 0 atom stereocenters. The van der Waals surface area contributed by atoms with Gasteiger partial charge in [0.05, 0.1) is 24.8 Å². The van der Waals surface area contributed by atoms with Crippen LogP contribution in [-0.4, -0.2) is 13.2 Å². The van der Waals surface area contributed by atoms with Crippen molar-refractivity contribution in [3.63, 3.8) is 0 Å². The van der Waals surface area contributed by atoms with Crippen LogP contribution in [0.3, 0.4) is 0 Å². The third-order valence-corrected chi connectivity index (χ3v) is 2.24. The summed E-state index contributed by atoms with van der Waals surface area (Å²) in [4.78, 5) is 0. The van der Waals surface area contributed by atoms with Gasteiger partial charge in [0.2, 0.25) is 6.29 Å². The van der Waals surface area contributed by atoms with Crippen molar-refractivity contribution in [2.75, 3.05) is 13.2 Å². The van der Waals surface area contributed by atoms with Crippen LogP contribution >= 0.6 is 0 Å². The molecule has 0 bridgehead atoms. The first-order valence-electron chi connectivity index (χ1n) is 5.16. The lowest BCUT2D eigenvalue weighted by atomic mass is 10.1. The van der Waals surface area contributed by atoms with Gasteiger partial charge in [-0.15, -0.1) is 0 Å². The van der Waals surface area contributed by atoms with Crippen molar-refractivity contribution in [2.24, 2.45) is 0 Å². The second kappa shape index (κ2) is 5.45. The lowest BCUT2D eigenvalue weighted by Crippen LogP contribution is -1.93. The molecule has 1 aromatic carbocycles. The Morgan fingerprint density at radius 3 is 2.50 bits per heavy atom. The predicted molar refractivity (Wildman–Crippen MR) is 60.0 cm³/mol. The molecule has 1 saturated heterocycles. The van der Waals surface area contributed by atoms with Gasteiger partial charge in [-0.2, -0.15) is 5.26 Å². The van der Waals surface area contributed by atoms with E-state index in [1.165, 1.54) is 0 Å². The van der Waals surface area contributed by atoms with Crippen molar-refractivity contribution in [2.45, 2.75) is 6.42 Å². The summed E-state index contributed by atoms with van der Waals surface area (Å²) in [7, 11) is 0. The average molecular weight is 214 g/mol. The minimum Gasteiger partial charge on any atom is -0.343 e. The summed E-state index contributed by atoms with van der Waals surface area (Å²) in [6, 6.07) is 9.51. The predicted octanol–water partition coefficient (Wildman–Crippen LogP) is 2.50. The smallest absolute Gasteiger partial charge is 0.227 e. The molecule has 1 fully saturated rings. The molecule has 1 aromatic rings. The number of hydrogen-bond acceptors (Lipinski definition) is 3. The van der Waals surface area contributed by atoms with Gasteiger partial charge in [0.15, 0.2) is 0 Å². The number of ether oxygens (including phenoxy) is 2. The van der Waals surface area contributed by atoms with Crippen molar-refractivity contribution in [3.8, 4) is 6.07 Å². The fraction of sp³-hybridized carbons (Fsp3) is 0.231. The van der Waals surface area contributed by atoms with Crippen molar-refractivity contribution in [1.29, 1.82) is 5.26 Å². The molecule has 1 aliphatic rings. The molecular weight excluding hydrogens is 202 g/mol. The third-order valence-electron chi connectivity index (χ3n) is 2.24. The van der Waals surface area contributed by atoms with Crippen molar-refractivity contribution in [1.82, 2.24) is 0 Å². The summed E-state index contributed by atoms with van der Waals surface area (Å²) in [6.45, 7) is 1.31. The van der Waals surface area contributed by atoms with E-state index in [0.717, 1.165) is 5.56 Å². The van der Waals surface area contributed by atoms with Gasteiger partial charge in [0.25, 0.3) is 0 Å². The highest BCUT2D eigenvalue weighted by Gasteiger charge is 2.15. The van der Waals surface area contributed by atoms with Gasteiger partial charge in [-0.3, -0.25) is 0 Å². The first kappa shape index (κ1) is 10.9. The largest absolute Gasteiger partial charge is 0.343 e. The lowest BCUT2D eigenvalue weighted by Gasteiger charge is -2.01. The maximum absolute atomic E-state index is 8.64. The fourth-order valence-electron chi connectivity index (χ4n) is 1.43. The molecule has 3 nitrogen and oxygen atoms in total. The molecule has 0 amide bonds. The van der Waals surface area contributed by atoms with Gasteiger partial charge >= 0.3 is 0 Å². The minimum absolute atomic E-state index is 0.653. The van der Waals surface area contributed by atoms with Gasteiger partial charge in [-0.05, 0) is 17.7 Å². The van der Waals surface area contributed by atoms with Crippen LogP contribution in [0, 0.1) is 17.6 Å². The molecule has 0 spiro atoms. The zero-order valence-corrected chi connectivity index (χ0v) is 8.85. The van der Waals surface area contributed by atoms with E-state index in [2.05, 4.69) is 6.07 Å². The summed E-state index contributed by atoms with van der Waals surface area (Å²) < 4.78 is 10.5. The van der Waals surface area contributed by atoms with E-state index >= 15 is 0 Å². The Bertz CT molecular complexity index is 397. The number of nitrogens with zero attached hydrogens (tertiary/aromatic N) is 1. The molecule has 81 valence electrons. The second-order valence-electron chi connectivity index (χ2n) is 3.41. The Morgan fingerprint density at radius 1 is 1.19 bits per heavy atom. The van der Waals surface area contributed by atoms with Crippen LogP contribution in [0.5, 0.6) is 0 Å². The van der Waals surface area contributed by atoms with Crippen LogP contribution in [0.1, 0.15) is 17.5 Å². The number of rotatable bonds is 3.